The molecule has 0 atom stereocenters. The summed E-state index contributed by atoms with van der Waals surface area (Å²) in [5.74, 6) is -0.828. The lowest BCUT2D eigenvalue weighted by molar-refractivity contribution is 0.0697. The molecule has 1 N–H and O–H groups in total. The maximum atomic E-state index is 11.6. The van der Waals surface area contributed by atoms with Crippen LogP contribution in [0.5, 0.6) is 0 Å². The highest BCUT2D eigenvalue weighted by Crippen LogP contribution is 2.29. The third-order valence-corrected chi connectivity index (χ3v) is 3.63. The second kappa shape index (κ2) is 4.09. The van der Waals surface area contributed by atoms with E-state index in [-0.39, 0.29) is 0 Å². The van der Waals surface area contributed by atoms with Crippen molar-refractivity contribution in [2.45, 2.75) is 32.6 Å². The SMILES string of the molecule is Cc1ccc2nc3c(c(C(=O)O)c2c1)CCCC3. The molecule has 1 heterocycles. The molecule has 18 heavy (non-hydrogen) atoms. The summed E-state index contributed by atoms with van der Waals surface area (Å²) in [5, 5.41) is 10.3. The number of carboxylic acids is 1. The normalized spacial score (nSPS) is 14.5. The number of hydrogen-bond donors (Lipinski definition) is 1. The minimum atomic E-state index is -0.828. The van der Waals surface area contributed by atoms with Gasteiger partial charge in [-0.25, -0.2) is 4.79 Å². The number of aryl methyl sites for hydroxylation is 2. The molecule has 0 saturated carbocycles. The Labute approximate surface area is 105 Å². The van der Waals surface area contributed by atoms with E-state index in [9.17, 15) is 9.90 Å². The van der Waals surface area contributed by atoms with Crippen LogP contribution in [0.2, 0.25) is 0 Å². The van der Waals surface area contributed by atoms with E-state index in [4.69, 9.17) is 0 Å². The Morgan fingerprint density at radius 3 is 2.83 bits per heavy atom. The van der Waals surface area contributed by atoms with E-state index in [0.29, 0.717) is 5.56 Å². The van der Waals surface area contributed by atoms with E-state index >= 15 is 0 Å². The van der Waals surface area contributed by atoms with Gasteiger partial charge in [0, 0.05) is 11.1 Å². The lowest BCUT2D eigenvalue weighted by atomic mass is 9.89. The van der Waals surface area contributed by atoms with Gasteiger partial charge in [-0.05, 0) is 50.3 Å². The van der Waals surface area contributed by atoms with Gasteiger partial charge >= 0.3 is 5.97 Å². The maximum Gasteiger partial charge on any atom is 0.336 e. The van der Waals surface area contributed by atoms with E-state index in [2.05, 4.69) is 4.98 Å². The van der Waals surface area contributed by atoms with Crippen LogP contribution in [-0.2, 0) is 12.8 Å². The van der Waals surface area contributed by atoms with Crippen molar-refractivity contribution < 1.29 is 9.90 Å². The largest absolute Gasteiger partial charge is 0.478 e. The topological polar surface area (TPSA) is 50.2 Å². The first kappa shape index (κ1) is 11.2. The molecule has 0 unspecified atom stereocenters. The minimum Gasteiger partial charge on any atom is -0.478 e. The molecule has 0 fully saturated rings. The second-order valence-electron chi connectivity index (χ2n) is 4.94. The van der Waals surface area contributed by atoms with Gasteiger partial charge in [0.2, 0.25) is 0 Å². The quantitative estimate of drug-likeness (QED) is 0.834. The summed E-state index contributed by atoms with van der Waals surface area (Å²) in [6.07, 6.45) is 3.91. The van der Waals surface area contributed by atoms with Crippen LogP contribution in [0.25, 0.3) is 10.9 Å². The number of aromatic carboxylic acids is 1. The van der Waals surface area contributed by atoms with Crippen molar-refractivity contribution in [1.82, 2.24) is 4.98 Å². The molecule has 3 heteroatoms. The molecule has 3 rings (SSSR count). The molecule has 1 aliphatic carbocycles. The van der Waals surface area contributed by atoms with Crippen molar-refractivity contribution in [3.63, 3.8) is 0 Å². The number of aromatic nitrogens is 1. The smallest absolute Gasteiger partial charge is 0.336 e. The molecule has 0 bridgehead atoms. The average molecular weight is 241 g/mol. The maximum absolute atomic E-state index is 11.6. The zero-order valence-corrected chi connectivity index (χ0v) is 10.4. The number of carbonyl (C=O) groups is 1. The van der Waals surface area contributed by atoms with Crippen LogP contribution in [0.1, 0.15) is 40.0 Å². The summed E-state index contributed by atoms with van der Waals surface area (Å²) < 4.78 is 0. The van der Waals surface area contributed by atoms with Crippen LogP contribution in [0.15, 0.2) is 18.2 Å². The fourth-order valence-corrected chi connectivity index (χ4v) is 2.78. The van der Waals surface area contributed by atoms with Gasteiger partial charge in [0.1, 0.15) is 0 Å². The number of hydrogen-bond acceptors (Lipinski definition) is 2. The number of benzene rings is 1. The summed E-state index contributed by atoms with van der Waals surface area (Å²) in [7, 11) is 0. The van der Waals surface area contributed by atoms with Crippen LogP contribution < -0.4 is 0 Å². The van der Waals surface area contributed by atoms with Crippen molar-refractivity contribution >= 4 is 16.9 Å². The Morgan fingerprint density at radius 2 is 2.06 bits per heavy atom. The molecule has 0 amide bonds. The number of fused-ring (bicyclic) bond motifs is 2. The molecule has 1 aliphatic rings. The van der Waals surface area contributed by atoms with Gasteiger partial charge in [-0.2, -0.15) is 0 Å². The van der Waals surface area contributed by atoms with Gasteiger partial charge in [-0.3, -0.25) is 4.98 Å². The number of carboxylic acid groups (broad SMARTS) is 1. The zero-order chi connectivity index (χ0) is 12.7. The van der Waals surface area contributed by atoms with Crippen molar-refractivity contribution in [3.05, 3.63) is 40.6 Å². The molecule has 1 aromatic heterocycles. The molecule has 2 aromatic rings. The van der Waals surface area contributed by atoms with Gasteiger partial charge in [-0.15, -0.1) is 0 Å². The Morgan fingerprint density at radius 1 is 1.28 bits per heavy atom. The summed E-state index contributed by atoms with van der Waals surface area (Å²) in [6.45, 7) is 1.98. The molecule has 92 valence electrons. The first-order valence-electron chi connectivity index (χ1n) is 6.32. The van der Waals surface area contributed by atoms with Crippen molar-refractivity contribution in [2.24, 2.45) is 0 Å². The predicted molar refractivity (Wildman–Crippen MR) is 70.1 cm³/mol. The summed E-state index contributed by atoms with van der Waals surface area (Å²) in [4.78, 5) is 16.2. The van der Waals surface area contributed by atoms with Crippen LogP contribution >= 0.6 is 0 Å². The van der Waals surface area contributed by atoms with E-state index in [1.165, 1.54) is 0 Å². The van der Waals surface area contributed by atoms with Gasteiger partial charge in [-0.1, -0.05) is 11.6 Å². The Bertz CT molecular complexity index is 646. The van der Waals surface area contributed by atoms with Gasteiger partial charge in [0.25, 0.3) is 0 Å². The third-order valence-electron chi connectivity index (χ3n) is 3.63. The van der Waals surface area contributed by atoms with E-state index in [1.807, 2.05) is 25.1 Å². The number of rotatable bonds is 1. The van der Waals surface area contributed by atoms with Crippen molar-refractivity contribution in [1.29, 1.82) is 0 Å². The van der Waals surface area contributed by atoms with Crippen LogP contribution in [0, 0.1) is 6.92 Å². The Balaban J connectivity index is 2.41. The van der Waals surface area contributed by atoms with Crippen LogP contribution in [-0.4, -0.2) is 16.1 Å². The molecule has 0 spiro atoms. The van der Waals surface area contributed by atoms with E-state index < -0.39 is 5.97 Å². The number of pyridine rings is 1. The molecule has 1 aromatic carbocycles. The average Bonchev–Trinajstić information content (AvgIpc) is 2.35. The first-order valence-corrected chi connectivity index (χ1v) is 6.32. The van der Waals surface area contributed by atoms with E-state index in [0.717, 1.165) is 53.4 Å². The highest BCUT2D eigenvalue weighted by Gasteiger charge is 2.21. The predicted octanol–water partition coefficient (Wildman–Crippen LogP) is 3.12. The summed E-state index contributed by atoms with van der Waals surface area (Å²) in [5.41, 5.74) is 4.28. The fraction of sp³-hybridized carbons (Fsp3) is 0.333. The molecule has 0 saturated heterocycles. The van der Waals surface area contributed by atoms with E-state index in [1.54, 1.807) is 0 Å². The molecular weight excluding hydrogens is 226 g/mol. The van der Waals surface area contributed by atoms with Gasteiger partial charge in [0.15, 0.2) is 0 Å². The third kappa shape index (κ3) is 1.67. The minimum absolute atomic E-state index is 0.471. The van der Waals surface area contributed by atoms with Crippen LogP contribution in [0.4, 0.5) is 0 Å². The number of nitrogens with zero attached hydrogens (tertiary/aromatic N) is 1. The fourth-order valence-electron chi connectivity index (χ4n) is 2.78. The monoisotopic (exact) mass is 241 g/mol. The second-order valence-corrected chi connectivity index (χ2v) is 4.94. The van der Waals surface area contributed by atoms with Crippen molar-refractivity contribution in [2.75, 3.05) is 0 Å². The van der Waals surface area contributed by atoms with Crippen LogP contribution in [0.3, 0.4) is 0 Å². The highest BCUT2D eigenvalue weighted by atomic mass is 16.4. The molecule has 3 nitrogen and oxygen atoms in total. The zero-order valence-electron chi connectivity index (χ0n) is 10.4. The standard InChI is InChI=1S/C15H15NO2/c1-9-6-7-13-11(8-9)14(15(17)18)10-4-2-3-5-12(10)16-13/h6-8H,2-5H2,1H3,(H,17,18). The van der Waals surface area contributed by atoms with Gasteiger partial charge in [0.05, 0.1) is 11.1 Å². The van der Waals surface area contributed by atoms with Gasteiger partial charge < -0.3 is 5.11 Å². The lowest BCUT2D eigenvalue weighted by Crippen LogP contribution is -2.13. The Kier molecular flexibility index (Phi) is 2.54. The van der Waals surface area contributed by atoms with Crippen molar-refractivity contribution in [3.8, 4) is 0 Å². The molecule has 0 aliphatic heterocycles. The first-order chi connectivity index (χ1) is 8.66. The summed E-state index contributed by atoms with van der Waals surface area (Å²) in [6, 6.07) is 5.84. The molecular formula is C15H15NO2. The molecule has 0 radical (unpaired) electrons. The lowest BCUT2D eigenvalue weighted by Gasteiger charge is -2.18. The highest BCUT2D eigenvalue weighted by molar-refractivity contribution is 6.04. The summed E-state index contributed by atoms with van der Waals surface area (Å²) >= 11 is 0. The Hall–Kier alpha value is -1.90.